The van der Waals surface area contributed by atoms with Gasteiger partial charge >= 0.3 is 0 Å². The van der Waals surface area contributed by atoms with Gasteiger partial charge in [-0.2, -0.15) is 0 Å². The van der Waals surface area contributed by atoms with Crippen LogP contribution in [0.5, 0.6) is 0 Å². The highest BCUT2D eigenvalue weighted by Crippen LogP contribution is 2.09. The van der Waals surface area contributed by atoms with Crippen LogP contribution in [0.4, 0.5) is 11.6 Å². The highest BCUT2D eigenvalue weighted by atomic mass is 16.1. The second-order valence-corrected chi connectivity index (χ2v) is 4.79. The quantitative estimate of drug-likeness (QED) is 0.757. The first-order valence-corrected chi connectivity index (χ1v) is 7.13. The van der Waals surface area contributed by atoms with Gasteiger partial charge in [-0.25, -0.2) is 9.97 Å². The predicted molar refractivity (Wildman–Crippen MR) is 88.0 cm³/mol. The van der Waals surface area contributed by atoms with Gasteiger partial charge in [0, 0.05) is 30.8 Å². The second-order valence-electron chi connectivity index (χ2n) is 4.79. The number of para-hydroxylation sites is 1. The van der Waals surface area contributed by atoms with Gasteiger partial charge in [0.2, 0.25) is 5.95 Å². The first kappa shape index (κ1) is 14.6. The lowest BCUT2D eigenvalue weighted by atomic mass is 10.3. The normalized spacial score (nSPS) is 10.1. The molecule has 0 saturated carbocycles. The van der Waals surface area contributed by atoms with E-state index in [-0.39, 0.29) is 5.91 Å². The summed E-state index contributed by atoms with van der Waals surface area (Å²) >= 11 is 0. The van der Waals surface area contributed by atoms with E-state index < -0.39 is 0 Å². The number of hydrogen-bond acceptors (Lipinski definition) is 5. The number of hydrogen-bond donors (Lipinski definition) is 2. The van der Waals surface area contributed by atoms with E-state index in [0.29, 0.717) is 18.2 Å². The van der Waals surface area contributed by atoms with Crippen LogP contribution >= 0.6 is 0 Å². The van der Waals surface area contributed by atoms with Crippen molar-refractivity contribution < 1.29 is 4.79 Å². The van der Waals surface area contributed by atoms with Crippen LogP contribution in [0.25, 0.3) is 0 Å². The zero-order valence-electron chi connectivity index (χ0n) is 12.3. The first-order chi connectivity index (χ1) is 11.3. The fourth-order valence-electron chi connectivity index (χ4n) is 1.97. The van der Waals surface area contributed by atoms with Crippen LogP contribution in [0.2, 0.25) is 0 Å². The number of anilines is 2. The average Bonchev–Trinajstić information content (AvgIpc) is 2.62. The van der Waals surface area contributed by atoms with E-state index in [1.54, 1.807) is 24.7 Å². The van der Waals surface area contributed by atoms with Crippen LogP contribution in [0, 0.1) is 0 Å². The summed E-state index contributed by atoms with van der Waals surface area (Å²) in [6.07, 6.45) is 5.00. The van der Waals surface area contributed by atoms with Crippen LogP contribution in [0.3, 0.4) is 0 Å². The highest BCUT2D eigenvalue weighted by Gasteiger charge is 2.09. The van der Waals surface area contributed by atoms with Crippen molar-refractivity contribution in [2.75, 3.05) is 10.6 Å². The van der Waals surface area contributed by atoms with Crippen molar-refractivity contribution in [3.8, 4) is 0 Å². The van der Waals surface area contributed by atoms with E-state index in [0.717, 1.165) is 11.3 Å². The largest absolute Gasteiger partial charge is 0.350 e. The van der Waals surface area contributed by atoms with E-state index >= 15 is 0 Å². The fourth-order valence-corrected chi connectivity index (χ4v) is 1.97. The van der Waals surface area contributed by atoms with Crippen molar-refractivity contribution in [1.82, 2.24) is 15.0 Å². The highest BCUT2D eigenvalue weighted by molar-refractivity contribution is 6.02. The van der Waals surface area contributed by atoms with Crippen molar-refractivity contribution in [1.29, 1.82) is 0 Å². The third-order valence-corrected chi connectivity index (χ3v) is 3.12. The van der Waals surface area contributed by atoms with Gasteiger partial charge in [0.1, 0.15) is 5.69 Å². The molecule has 6 heteroatoms. The summed E-state index contributed by atoms with van der Waals surface area (Å²) in [5.74, 6) is 0.132. The molecule has 0 aliphatic heterocycles. The molecular weight excluding hydrogens is 290 g/mol. The molecule has 0 atom stereocenters. The Labute approximate surface area is 133 Å². The molecule has 3 aromatic rings. The lowest BCUT2D eigenvalue weighted by molar-refractivity contribution is 0.102. The molecule has 0 saturated heterocycles. The minimum Gasteiger partial charge on any atom is -0.350 e. The SMILES string of the molecule is O=C(Nc1ccccc1)c1ccnc(NCc2ccncc2)n1. The molecule has 0 aliphatic rings. The Kier molecular flexibility index (Phi) is 4.54. The lowest BCUT2D eigenvalue weighted by Gasteiger charge is -2.07. The minimum absolute atomic E-state index is 0.273. The third-order valence-electron chi connectivity index (χ3n) is 3.12. The topological polar surface area (TPSA) is 79.8 Å². The molecule has 6 nitrogen and oxygen atoms in total. The maximum atomic E-state index is 12.2. The Morgan fingerprint density at radius 2 is 1.74 bits per heavy atom. The molecule has 2 N–H and O–H groups in total. The number of pyridine rings is 1. The van der Waals surface area contributed by atoms with E-state index in [9.17, 15) is 4.79 Å². The molecule has 0 spiro atoms. The molecule has 23 heavy (non-hydrogen) atoms. The van der Waals surface area contributed by atoms with Crippen LogP contribution in [-0.2, 0) is 6.54 Å². The maximum Gasteiger partial charge on any atom is 0.274 e. The molecule has 1 amide bonds. The van der Waals surface area contributed by atoms with Crippen LogP contribution in [0.1, 0.15) is 16.1 Å². The fraction of sp³-hybridized carbons (Fsp3) is 0.0588. The summed E-state index contributed by atoms with van der Waals surface area (Å²) in [4.78, 5) is 24.5. The summed E-state index contributed by atoms with van der Waals surface area (Å²) in [6.45, 7) is 0.562. The van der Waals surface area contributed by atoms with Gasteiger partial charge in [-0.1, -0.05) is 18.2 Å². The Morgan fingerprint density at radius 3 is 2.52 bits per heavy atom. The molecular formula is C17H15N5O. The smallest absolute Gasteiger partial charge is 0.274 e. The van der Waals surface area contributed by atoms with E-state index in [1.165, 1.54) is 0 Å². The van der Waals surface area contributed by atoms with E-state index in [4.69, 9.17) is 0 Å². The van der Waals surface area contributed by atoms with Gasteiger partial charge in [-0.15, -0.1) is 0 Å². The summed E-state index contributed by atoms with van der Waals surface area (Å²) in [5.41, 5.74) is 2.09. The maximum absolute atomic E-state index is 12.2. The monoisotopic (exact) mass is 305 g/mol. The van der Waals surface area contributed by atoms with Crippen LogP contribution in [0.15, 0.2) is 67.1 Å². The number of carbonyl (C=O) groups excluding carboxylic acids is 1. The number of amides is 1. The number of nitrogens with zero attached hydrogens (tertiary/aromatic N) is 3. The Morgan fingerprint density at radius 1 is 0.957 bits per heavy atom. The van der Waals surface area contributed by atoms with E-state index in [2.05, 4.69) is 25.6 Å². The number of rotatable bonds is 5. The van der Waals surface area contributed by atoms with E-state index in [1.807, 2.05) is 42.5 Å². The van der Waals surface area contributed by atoms with Gasteiger partial charge < -0.3 is 10.6 Å². The predicted octanol–water partition coefficient (Wildman–Crippen LogP) is 2.74. The van der Waals surface area contributed by atoms with Crippen molar-refractivity contribution in [3.05, 3.63) is 78.4 Å². The zero-order valence-corrected chi connectivity index (χ0v) is 12.3. The van der Waals surface area contributed by atoms with Crippen molar-refractivity contribution in [2.45, 2.75) is 6.54 Å². The van der Waals surface area contributed by atoms with Crippen LogP contribution < -0.4 is 10.6 Å². The van der Waals surface area contributed by atoms with Crippen LogP contribution in [-0.4, -0.2) is 20.9 Å². The number of aromatic nitrogens is 3. The number of carbonyl (C=O) groups is 1. The first-order valence-electron chi connectivity index (χ1n) is 7.13. The summed E-state index contributed by atoms with van der Waals surface area (Å²) in [6, 6.07) is 14.6. The van der Waals surface area contributed by atoms with Gasteiger partial charge in [-0.05, 0) is 35.9 Å². The second kappa shape index (κ2) is 7.13. The van der Waals surface area contributed by atoms with Gasteiger partial charge in [-0.3, -0.25) is 9.78 Å². The van der Waals surface area contributed by atoms with Crippen molar-refractivity contribution in [3.63, 3.8) is 0 Å². The van der Waals surface area contributed by atoms with Crippen molar-refractivity contribution in [2.24, 2.45) is 0 Å². The number of benzene rings is 1. The molecule has 2 heterocycles. The number of nitrogens with one attached hydrogen (secondary N) is 2. The summed E-state index contributed by atoms with van der Waals surface area (Å²) < 4.78 is 0. The van der Waals surface area contributed by atoms with Crippen molar-refractivity contribution >= 4 is 17.5 Å². The average molecular weight is 305 g/mol. The summed E-state index contributed by atoms with van der Waals surface area (Å²) in [5, 5.41) is 5.88. The molecule has 0 radical (unpaired) electrons. The third kappa shape index (κ3) is 4.10. The molecule has 0 fully saturated rings. The molecule has 3 rings (SSSR count). The molecule has 2 aromatic heterocycles. The standard InChI is InChI=1S/C17H15N5O/c23-16(21-14-4-2-1-3-5-14)15-8-11-19-17(22-15)20-12-13-6-9-18-10-7-13/h1-11H,12H2,(H,21,23)(H,19,20,22). The molecule has 0 bridgehead atoms. The minimum atomic E-state index is -0.273. The van der Waals surface area contributed by atoms with Gasteiger partial charge in [0.15, 0.2) is 0 Å². The zero-order chi connectivity index (χ0) is 15.9. The molecule has 0 unspecified atom stereocenters. The summed E-state index contributed by atoms with van der Waals surface area (Å²) in [7, 11) is 0. The lowest BCUT2D eigenvalue weighted by Crippen LogP contribution is -2.15. The Bertz CT molecular complexity index is 777. The molecule has 114 valence electrons. The molecule has 1 aromatic carbocycles. The van der Waals surface area contributed by atoms with Gasteiger partial charge in [0.05, 0.1) is 0 Å². The Balaban J connectivity index is 1.66. The Hall–Kier alpha value is -3.28. The van der Waals surface area contributed by atoms with Gasteiger partial charge in [0.25, 0.3) is 5.91 Å². The molecule has 0 aliphatic carbocycles.